The highest BCUT2D eigenvalue weighted by Gasteiger charge is 2.14. The molecule has 2 amide bonds. The van der Waals surface area contributed by atoms with Crippen LogP contribution in [0.25, 0.3) is 0 Å². The molecule has 0 spiro atoms. The largest absolute Gasteiger partial charge is 0.478 e. The second kappa shape index (κ2) is 5.47. The lowest BCUT2D eigenvalue weighted by molar-refractivity contribution is 0.0695. The number of amides is 2. The summed E-state index contributed by atoms with van der Waals surface area (Å²) in [5.74, 6) is -0.375. The van der Waals surface area contributed by atoms with Crippen molar-refractivity contribution >= 4 is 17.7 Å². The fourth-order valence-corrected chi connectivity index (χ4v) is 1.67. The van der Waals surface area contributed by atoms with Gasteiger partial charge in [-0.25, -0.2) is 9.59 Å². The SMILES string of the molecule is Cc1oc(CNC(=O)Nc2cnn(C)c2)cc1C(=O)O. The van der Waals surface area contributed by atoms with Crippen molar-refractivity contribution in [3.05, 3.63) is 35.5 Å². The van der Waals surface area contributed by atoms with E-state index in [-0.39, 0.29) is 12.1 Å². The second-order valence-corrected chi connectivity index (χ2v) is 4.20. The number of furan rings is 1. The number of aryl methyl sites for hydroxylation is 2. The van der Waals surface area contributed by atoms with Crippen LogP contribution in [0.4, 0.5) is 10.5 Å². The molecule has 0 aliphatic heterocycles. The van der Waals surface area contributed by atoms with E-state index in [1.807, 2.05) is 0 Å². The zero-order valence-electron chi connectivity index (χ0n) is 11.0. The van der Waals surface area contributed by atoms with E-state index in [0.717, 1.165) is 0 Å². The monoisotopic (exact) mass is 278 g/mol. The van der Waals surface area contributed by atoms with Gasteiger partial charge in [-0.15, -0.1) is 0 Å². The van der Waals surface area contributed by atoms with Crippen LogP contribution < -0.4 is 10.6 Å². The molecule has 0 radical (unpaired) electrons. The van der Waals surface area contributed by atoms with Crippen molar-refractivity contribution in [2.45, 2.75) is 13.5 Å². The van der Waals surface area contributed by atoms with Crippen LogP contribution in [0.5, 0.6) is 0 Å². The summed E-state index contributed by atoms with van der Waals surface area (Å²) < 4.78 is 6.80. The molecule has 0 fully saturated rings. The van der Waals surface area contributed by atoms with Gasteiger partial charge in [-0.3, -0.25) is 4.68 Å². The van der Waals surface area contributed by atoms with Crippen LogP contribution in [0.2, 0.25) is 0 Å². The summed E-state index contributed by atoms with van der Waals surface area (Å²) in [6.45, 7) is 1.66. The maximum atomic E-state index is 11.6. The minimum Gasteiger partial charge on any atom is -0.478 e. The van der Waals surface area contributed by atoms with Gasteiger partial charge in [0.15, 0.2) is 0 Å². The zero-order chi connectivity index (χ0) is 14.7. The first-order chi connectivity index (χ1) is 9.45. The molecule has 8 heteroatoms. The van der Waals surface area contributed by atoms with E-state index >= 15 is 0 Å². The summed E-state index contributed by atoms with van der Waals surface area (Å²) in [6, 6.07) is 0.964. The number of carbonyl (C=O) groups is 2. The van der Waals surface area contributed by atoms with Crippen LogP contribution in [-0.2, 0) is 13.6 Å². The highest BCUT2D eigenvalue weighted by atomic mass is 16.4. The summed E-state index contributed by atoms with van der Waals surface area (Å²) >= 11 is 0. The Bertz CT molecular complexity index is 644. The Morgan fingerprint density at radius 1 is 1.50 bits per heavy atom. The third-order valence-corrected chi connectivity index (χ3v) is 2.59. The topological polar surface area (TPSA) is 109 Å². The van der Waals surface area contributed by atoms with Crippen LogP contribution in [0.1, 0.15) is 21.9 Å². The molecule has 0 aliphatic rings. The molecule has 8 nitrogen and oxygen atoms in total. The summed E-state index contributed by atoms with van der Waals surface area (Å²) in [4.78, 5) is 22.5. The number of carboxylic acids is 1. The minimum atomic E-state index is -1.06. The highest BCUT2D eigenvalue weighted by Crippen LogP contribution is 2.14. The molecule has 3 N–H and O–H groups in total. The fraction of sp³-hybridized carbons (Fsp3) is 0.250. The second-order valence-electron chi connectivity index (χ2n) is 4.20. The van der Waals surface area contributed by atoms with Gasteiger partial charge in [-0.05, 0) is 13.0 Å². The normalized spacial score (nSPS) is 10.3. The summed E-state index contributed by atoms with van der Waals surface area (Å²) in [5.41, 5.74) is 0.654. The average molecular weight is 278 g/mol. The lowest BCUT2D eigenvalue weighted by Gasteiger charge is -2.03. The predicted molar refractivity (Wildman–Crippen MR) is 69.5 cm³/mol. The van der Waals surface area contributed by atoms with Crippen molar-refractivity contribution < 1.29 is 19.1 Å². The number of carbonyl (C=O) groups excluding carboxylic acids is 1. The molecule has 0 bridgehead atoms. The number of nitrogens with zero attached hydrogens (tertiary/aromatic N) is 2. The average Bonchev–Trinajstić information content (AvgIpc) is 2.93. The molecule has 0 atom stereocenters. The van der Waals surface area contributed by atoms with Gasteiger partial charge in [0.2, 0.25) is 0 Å². The molecule has 2 aromatic rings. The third-order valence-electron chi connectivity index (χ3n) is 2.59. The van der Waals surface area contributed by atoms with E-state index in [4.69, 9.17) is 9.52 Å². The van der Waals surface area contributed by atoms with Crippen LogP contribution in [0, 0.1) is 6.92 Å². The van der Waals surface area contributed by atoms with E-state index in [0.29, 0.717) is 17.2 Å². The molecule has 0 saturated heterocycles. The maximum absolute atomic E-state index is 11.6. The highest BCUT2D eigenvalue weighted by molar-refractivity contribution is 5.89. The van der Waals surface area contributed by atoms with Gasteiger partial charge in [0, 0.05) is 13.2 Å². The first-order valence-corrected chi connectivity index (χ1v) is 5.82. The number of hydrogen-bond donors (Lipinski definition) is 3. The molecular formula is C12H14N4O4. The van der Waals surface area contributed by atoms with E-state index < -0.39 is 12.0 Å². The summed E-state index contributed by atoms with van der Waals surface area (Å²) in [7, 11) is 1.74. The number of urea groups is 1. The smallest absolute Gasteiger partial charge is 0.339 e. The van der Waals surface area contributed by atoms with Crippen LogP contribution in [0.3, 0.4) is 0 Å². The van der Waals surface area contributed by atoms with Crippen LogP contribution in [0.15, 0.2) is 22.9 Å². The van der Waals surface area contributed by atoms with Gasteiger partial charge in [0.1, 0.15) is 17.1 Å². The molecule has 0 saturated carbocycles. The lowest BCUT2D eigenvalue weighted by atomic mass is 10.2. The van der Waals surface area contributed by atoms with E-state index in [1.165, 1.54) is 12.3 Å². The van der Waals surface area contributed by atoms with Gasteiger partial charge in [-0.1, -0.05) is 0 Å². The van der Waals surface area contributed by atoms with Crippen molar-refractivity contribution in [1.29, 1.82) is 0 Å². The fourth-order valence-electron chi connectivity index (χ4n) is 1.67. The van der Waals surface area contributed by atoms with Crippen LogP contribution >= 0.6 is 0 Å². The van der Waals surface area contributed by atoms with Crippen molar-refractivity contribution in [3.63, 3.8) is 0 Å². The molecule has 0 unspecified atom stereocenters. The maximum Gasteiger partial charge on any atom is 0.339 e. The van der Waals surface area contributed by atoms with E-state index in [1.54, 1.807) is 24.9 Å². The van der Waals surface area contributed by atoms with Gasteiger partial charge in [0.05, 0.1) is 18.4 Å². The number of anilines is 1. The number of nitrogens with one attached hydrogen (secondary N) is 2. The number of carboxylic acid groups (broad SMARTS) is 1. The van der Waals surface area contributed by atoms with E-state index in [9.17, 15) is 9.59 Å². The van der Waals surface area contributed by atoms with Crippen molar-refractivity contribution in [2.75, 3.05) is 5.32 Å². The van der Waals surface area contributed by atoms with Crippen molar-refractivity contribution in [2.24, 2.45) is 7.05 Å². The first-order valence-electron chi connectivity index (χ1n) is 5.82. The van der Waals surface area contributed by atoms with Gasteiger partial charge in [-0.2, -0.15) is 5.10 Å². The molecule has 2 aromatic heterocycles. The van der Waals surface area contributed by atoms with Crippen molar-refractivity contribution in [1.82, 2.24) is 15.1 Å². The number of hydrogen-bond acceptors (Lipinski definition) is 4. The third kappa shape index (κ3) is 3.16. The Labute approximate surface area is 114 Å². The number of rotatable bonds is 4. The first kappa shape index (κ1) is 13.7. The van der Waals surface area contributed by atoms with Gasteiger partial charge >= 0.3 is 12.0 Å². The Balaban J connectivity index is 1.90. The number of aromatic nitrogens is 2. The Morgan fingerprint density at radius 3 is 2.80 bits per heavy atom. The summed E-state index contributed by atoms with van der Waals surface area (Å²) in [6.07, 6.45) is 3.16. The van der Waals surface area contributed by atoms with Gasteiger partial charge < -0.3 is 20.2 Å². The lowest BCUT2D eigenvalue weighted by Crippen LogP contribution is -2.27. The Kier molecular flexibility index (Phi) is 3.74. The van der Waals surface area contributed by atoms with Crippen LogP contribution in [-0.4, -0.2) is 26.9 Å². The van der Waals surface area contributed by atoms with Gasteiger partial charge in [0.25, 0.3) is 0 Å². The Morgan fingerprint density at radius 2 is 2.25 bits per heavy atom. The molecule has 106 valence electrons. The molecular weight excluding hydrogens is 264 g/mol. The van der Waals surface area contributed by atoms with E-state index in [2.05, 4.69) is 15.7 Å². The predicted octanol–water partition coefficient (Wildman–Crippen LogP) is 1.34. The minimum absolute atomic E-state index is 0.0921. The zero-order valence-corrected chi connectivity index (χ0v) is 11.0. The molecule has 2 rings (SSSR count). The molecule has 0 aliphatic carbocycles. The van der Waals surface area contributed by atoms with Crippen molar-refractivity contribution in [3.8, 4) is 0 Å². The Hall–Kier alpha value is -2.77. The molecule has 0 aromatic carbocycles. The summed E-state index contributed by atoms with van der Waals surface area (Å²) in [5, 5.41) is 17.9. The quantitative estimate of drug-likeness (QED) is 0.781. The molecule has 2 heterocycles. The molecule has 20 heavy (non-hydrogen) atoms. The number of aromatic carboxylic acids is 1. The standard InChI is InChI=1S/C12H14N4O4/c1-7-10(11(17)18)3-9(20-7)5-13-12(19)15-8-4-14-16(2)6-8/h3-4,6H,5H2,1-2H3,(H,17,18)(H2,13,15,19).